The predicted octanol–water partition coefficient (Wildman–Crippen LogP) is 0.161. The highest BCUT2D eigenvalue weighted by atomic mass is 16.4. The molecule has 1 atom stereocenters. The third kappa shape index (κ3) is 6.08. The molecule has 1 rings (SSSR count). The van der Waals surface area contributed by atoms with Gasteiger partial charge in [-0.15, -0.1) is 0 Å². The molecule has 1 aliphatic rings. The summed E-state index contributed by atoms with van der Waals surface area (Å²) in [5.41, 5.74) is 0. The highest BCUT2D eigenvalue weighted by Crippen LogP contribution is 2.09. The Bertz CT molecular complexity index is 346. The molecule has 0 aliphatic carbocycles. The molecule has 0 saturated carbocycles. The first-order valence-corrected chi connectivity index (χ1v) is 6.49. The number of likely N-dealkylation sites (N-methyl/N-ethyl adjacent to an activating group) is 1. The first kappa shape index (κ1) is 15.3. The Labute approximate surface area is 112 Å². The highest BCUT2D eigenvalue weighted by molar-refractivity contribution is 5.78. The number of hydrogen-bond donors (Lipinski definition) is 3. The molecular weight excluding hydrogens is 250 g/mol. The van der Waals surface area contributed by atoms with Gasteiger partial charge in [0.15, 0.2) is 0 Å². The van der Waals surface area contributed by atoms with Crippen LogP contribution in [-0.2, 0) is 9.59 Å². The van der Waals surface area contributed by atoms with Gasteiger partial charge in [-0.1, -0.05) is 0 Å². The van der Waals surface area contributed by atoms with Crippen molar-refractivity contribution in [2.45, 2.75) is 38.1 Å². The number of piperidine rings is 1. The summed E-state index contributed by atoms with van der Waals surface area (Å²) in [6.07, 6.45) is 2.44. The van der Waals surface area contributed by atoms with E-state index in [-0.39, 0.29) is 24.4 Å². The number of amides is 3. The minimum absolute atomic E-state index is 0.0123. The minimum atomic E-state index is -0.820. The Balaban J connectivity index is 2.10. The van der Waals surface area contributed by atoms with Gasteiger partial charge in [-0.3, -0.25) is 9.59 Å². The van der Waals surface area contributed by atoms with Crippen molar-refractivity contribution in [2.75, 3.05) is 20.1 Å². The Morgan fingerprint density at radius 2 is 2.16 bits per heavy atom. The fourth-order valence-electron chi connectivity index (χ4n) is 1.97. The largest absolute Gasteiger partial charge is 0.481 e. The zero-order chi connectivity index (χ0) is 14.3. The number of carbonyl (C=O) groups excluding carboxylic acids is 2. The fraction of sp³-hybridized carbons (Fsp3) is 0.750. The first-order valence-electron chi connectivity index (χ1n) is 6.49. The molecule has 3 N–H and O–H groups in total. The van der Waals surface area contributed by atoms with Crippen molar-refractivity contribution >= 4 is 17.9 Å². The van der Waals surface area contributed by atoms with E-state index in [9.17, 15) is 14.4 Å². The van der Waals surface area contributed by atoms with Crippen molar-refractivity contribution in [3.8, 4) is 0 Å². The van der Waals surface area contributed by atoms with E-state index < -0.39 is 5.97 Å². The Morgan fingerprint density at radius 3 is 2.79 bits per heavy atom. The molecule has 0 aromatic heterocycles. The van der Waals surface area contributed by atoms with Crippen LogP contribution in [0.5, 0.6) is 0 Å². The van der Waals surface area contributed by atoms with Crippen LogP contribution in [0.2, 0.25) is 0 Å². The van der Waals surface area contributed by atoms with Gasteiger partial charge in [-0.25, -0.2) is 4.79 Å². The van der Waals surface area contributed by atoms with Gasteiger partial charge in [0.1, 0.15) is 0 Å². The van der Waals surface area contributed by atoms with Crippen LogP contribution in [0.1, 0.15) is 32.1 Å². The number of urea groups is 1. The van der Waals surface area contributed by atoms with Crippen LogP contribution in [0.4, 0.5) is 4.79 Å². The summed E-state index contributed by atoms with van der Waals surface area (Å²) in [4.78, 5) is 34.7. The van der Waals surface area contributed by atoms with Crippen LogP contribution in [0, 0.1) is 0 Å². The minimum Gasteiger partial charge on any atom is -0.481 e. The molecule has 7 heteroatoms. The molecule has 3 amide bonds. The van der Waals surface area contributed by atoms with Crippen molar-refractivity contribution in [2.24, 2.45) is 0 Å². The summed E-state index contributed by atoms with van der Waals surface area (Å²) in [7, 11) is 1.72. The van der Waals surface area contributed by atoms with Gasteiger partial charge in [-0.05, 0) is 19.3 Å². The molecule has 0 aromatic carbocycles. The zero-order valence-corrected chi connectivity index (χ0v) is 11.1. The average Bonchev–Trinajstić information content (AvgIpc) is 2.33. The second kappa shape index (κ2) is 7.60. The number of nitrogens with zero attached hydrogens (tertiary/aromatic N) is 1. The summed E-state index contributed by atoms with van der Waals surface area (Å²) in [6, 6.07) is -0.273. The smallest absolute Gasteiger partial charge is 0.315 e. The van der Waals surface area contributed by atoms with E-state index in [1.807, 2.05) is 0 Å². The molecule has 1 saturated heterocycles. The number of hydrogen-bond acceptors (Lipinski definition) is 3. The molecule has 1 unspecified atom stereocenters. The molecule has 0 spiro atoms. The van der Waals surface area contributed by atoms with Gasteiger partial charge in [0.2, 0.25) is 5.91 Å². The van der Waals surface area contributed by atoms with Crippen molar-refractivity contribution in [3.63, 3.8) is 0 Å². The monoisotopic (exact) mass is 271 g/mol. The summed E-state index contributed by atoms with van der Waals surface area (Å²) < 4.78 is 0. The second-order valence-electron chi connectivity index (χ2n) is 4.76. The van der Waals surface area contributed by atoms with Crippen molar-refractivity contribution in [1.29, 1.82) is 0 Å². The number of likely N-dealkylation sites (tertiary alicyclic amines) is 1. The van der Waals surface area contributed by atoms with E-state index in [1.54, 1.807) is 11.9 Å². The molecule has 1 heterocycles. The molecular formula is C12H21N3O4. The van der Waals surface area contributed by atoms with E-state index in [0.717, 1.165) is 0 Å². The fourth-order valence-corrected chi connectivity index (χ4v) is 1.97. The third-order valence-corrected chi connectivity index (χ3v) is 3.06. The molecule has 0 aromatic rings. The Kier molecular flexibility index (Phi) is 6.11. The number of carboxylic acids is 1. The van der Waals surface area contributed by atoms with Crippen molar-refractivity contribution < 1.29 is 19.5 Å². The van der Waals surface area contributed by atoms with Crippen LogP contribution in [0.15, 0.2) is 0 Å². The third-order valence-electron chi connectivity index (χ3n) is 3.06. The number of aliphatic carboxylic acids is 1. The maximum Gasteiger partial charge on any atom is 0.315 e. The van der Waals surface area contributed by atoms with Crippen LogP contribution < -0.4 is 10.6 Å². The summed E-state index contributed by atoms with van der Waals surface area (Å²) in [5.74, 6) is -0.716. The van der Waals surface area contributed by atoms with Gasteiger partial charge >= 0.3 is 12.0 Å². The van der Waals surface area contributed by atoms with E-state index in [0.29, 0.717) is 38.8 Å². The number of nitrogens with one attached hydrogen (secondary N) is 2. The summed E-state index contributed by atoms with van der Waals surface area (Å²) in [5, 5.41) is 13.9. The van der Waals surface area contributed by atoms with Crippen molar-refractivity contribution in [1.82, 2.24) is 15.5 Å². The van der Waals surface area contributed by atoms with Gasteiger partial charge in [0, 0.05) is 39.0 Å². The second-order valence-corrected chi connectivity index (χ2v) is 4.76. The van der Waals surface area contributed by atoms with E-state index >= 15 is 0 Å². The van der Waals surface area contributed by atoms with E-state index in [1.165, 1.54) is 0 Å². The molecule has 1 aliphatic heterocycles. The zero-order valence-electron chi connectivity index (χ0n) is 11.1. The lowest BCUT2D eigenvalue weighted by Gasteiger charge is -2.30. The van der Waals surface area contributed by atoms with E-state index in [4.69, 9.17) is 5.11 Å². The topological polar surface area (TPSA) is 98.7 Å². The van der Waals surface area contributed by atoms with Crippen LogP contribution in [-0.4, -0.2) is 54.1 Å². The van der Waals surface area contributed by atoms with Crippen molar-refractivity contribution in [3.05, 3.63) is 0 Å². The number of carboxylic acid groups (broad SMARTS) is 1. The molecule has 1 fully saturated rings. The Morgan fingerprint density at radius 1 is 1.42 bits per heavy atom. The van der Waals surface area contributed by atoms with Crippen LogP contribution in [0.3, 0.4) is 0 Å². The van der Waals surface area contributed by atoms with Crippen LogP contribution >= 0.6 is 0 Å². The van der Waals surface area contributed by atoms with Gasteiger partial charge in [0.05, 0.1) is 0 Å². The maximum absolute atomic E-state index is 11.6. The molecule has 0 radical (unpaired) electrons. The number of unbranched alkanes of at least 4 members (excludes halogenated alkanes) is 1. The lowest BCUT2D eigenvalue weighted by molar-refractivity contribution is -0.137. The summed E-state index contributed by atoms with van der Waals surface area (Å²) >= 11 is 0. The maximum atomic E-state index is 11.6. The standard InChI is InChI=1S/C12H21N3O4/c1-15-8-9(5-6-10(15)16)14-12(19)13-7-3-2-4-11(17)18/h9H,2-8H2,1H3,(H,17,18)(H2,13,14,19). The van der Waals surface area contributed by atoms with Gasteiger partial charge in [0.25, 0.3) is 0 Å². The number of rotatable bonds is 6. The van der Waals surface area contributed by atoms with Crippen LogP contribution in [0.25, 0.3) is 0 Å². The predicted molar refractivity (Wildman–Crippen MR) is 68.7 cm³/mol. The Hall–Kier alpha value is -1.79. The normalized spacial score (nSPS) is 19.1. The number of carbonyl (C=O) groups is 3. The summed E-state index contributed by atoms with van der Waals surface area (Å²) in [6.45, 7) is 0.992. The SMILES string of the molecule is CN1CC(NC(=O)NCCCCC(=O)O)CCC1=O. The average molecular weight is 271 g/mol. The van der Waals surface area contributed by atoms with E-state index in [2.05, 4.69) is 10.6 Å². The first-order chi connectivity index (χ1) is 8.99. The lowest BCUT2D eigenvalue weighted by atomic mass is 10.1. The van der Waals surface area contributed by atoms with Gasteiger partial charge in [-0.2, -0.15) is 0 Å². The lowest BCUT2D eigenvalue weighted by Crippen LogP contribution is -2.51. The van der Waals surface area contributed by atoms with Gasteiger partial charge < -0.3 is 20.6 Å². The molecule has 7 nitrogen and oxygen atoms in total. The molecule has 0 bridgehead atoms. The quantitative estimate of drug-likeness (QED) is 0.599. The molecule has 19 heavy (non-hydrogen) atoms. The highest BCUT2D eigenvalue weighted by Gasteiger charge is 2.23. The molecule has 108 valence electrons.